The third-order valence-corrected chi connectivity index (χ3v) is 7.04. The molecule has 45 heavy (non-hydrogen) atoms. The van der Waals surface area contributed by atoms with Crippen LogP contribution in [0.25, 0.3) is 22.5 Å². The van der Waals surface area contributed by atoms with Gasteiger partial charge in [-0.3, -0.25) is 0 Å². The summed E-state index contributed by atoms with van der Waals surface area (Å²) in [5.41, 5.74) is 3.58. The van der Waals surface area contributed by atoms with Gasteiger partial charge in [0.05, 0.1) is 0 Å². The van der Waals surface area contributed by atoms with E-state index in [9.17, 15) is 24.8 Å². The van der Waals surface area contributed by atoms with Crippen molar-refractivity contribution in [2.45, 2.75) is 39.3 Å². The third-order valence-electron chi connectivity index (χ3n) is 6.78. The molecule has 230 valence electrons. The maximum atomic E-state index is 12.7. The maximum absolute atomic E-state index is 12.7. The Kier molecular flexibility index (Phi) is 9.43. The first kappa shape index (κ1) is 30.8. The first-order valence-electron chi connectivity index (χ1n) is 13.8. The molecule has 2 aromatic heterocycles. The fourth-order valence-electron chi connectivity index (χ4n) is 4.59. The smallest absolute Gasteiger partial charge is 0.459 e. The highest BCUT2D eigenvalue weighted by molar-refractivity contribution is 6.32. The fraction of sp³-hybridized carbons (Fsp3) is 0.200. The minimum absolute atomic E-state index is 0.0261. The van der Waals surface area contributed by atoms with Crippen molar-refractivity contribution in [2.24, 2.45) is 0 Å². The molecule has 5 rings (SSSR count). The van der Waals surface area contributed by atoms with Crippen molar-refractivity contribution >= 4 is 23.7 Å². The number of unbranched alkanes of at least 4 members (excludes halogenated alkanes) is 1. The molecule has 0 unspecified atom stereocenters. The average molecular weight is 632 g/mol. The van der Waals surface area contributed by atoms with Crippen LogP contribution in [0.2, 0.25) is 5.15 Å². The van der Waals surface area contributed by atoms with E-state index in [2.05, 4.69) is 25.2 Å². The van der Waals surface area contributed by atoms with Crippen LogP contribution in [0.4, 0.5) is 4.79 Å². The summed E-state index contributed by atoms with van der Waals surface area (Å²) in [7, 11) is 0. The van der Waals surface area contributed by atoms with E-state index in [4.69, 9.17) is 16.3 Å². The van der Waals surface area contributed by atoms with Crippen LogP contribution in [0.3, 0.4) is 0 Å². The van der Waals surface area contributed by atoms with Crippen molar-refractivity contribution in [3.8, 4) is 28.3 Å². The van der Waals surface area contributed by atoms with Crippen molar-refractivity contribution in [2.75, 3.05) is 0 Å². The van der Waals surface area contributed by atoms with E-state index in [1.54, 1.807) is 10.6 Å². The van der Waals surface area contributed by atoms with Gasteiger partial charge in [0.2, 0.25) is 5.82 Å². The summed E-state index contributed by atoms with van der Waals surface area (Å²) in [5, 5.41) is 31.3. The summed E-state index contributed by atoms with van der Waals surface area (Å²) in [6, 6.07) is 20.9. The molecule has 0 atom stereocenters. The van der Waals surface area contributed by atoms with E-state index >= 15 is 0 Å². The van der Waals surface area contributed by atoms with Gasteiger partial charge in [-0.15, -0.1) is 20.3 Å². The zero-order valence-corrected chi connectivity index (χ0v) is 24.6. The van der Waals surface area contributed by atoms with Crippen molar-refractivity contribution in [3.05, 3.63) is 111 Å². The SMILES string of the molecule is CCCCc1nc(Cl)c(C(=O)O)n1Cc1ccc(-c2ccccc2-c2nnn(C(=O)Oc3ccc(CO[N+](=O)[O-])cc3)n2)cc1. The number of carboxylic acids is 1. The lowest BCUT2D eigenvalue weighted by atomic mass is 9.98. The molecule has 5 aromatic rings. The largest absolute Gasteiger partial charge is 0.476 e. The Morgan fingerprint density at radius 1 is 1.00 bits per heavy atom. The highest BCUT2D eigenvalue weighted by atomic mass is 35.5. The minimum Gasteiger partial charge on any atom is -0.476 e. The number of rotatable bonds is 12. The van der Waals surface area contributed by atoms with Crippen LogP contribution < -0.4 is 4.74 Å². The van der Waals surface area contributed by atoms with Crippen molar-refractivity contribution in [1.82, 2.24) is 29.8 Å². The van der Waals surface area contributed by atoms with Gasteiger partial charge >= 0.3 is 12.1 Å². The predicted molar refractivity (Wildman–Crippen MR) is 160 cm³/mol. The summed E-state index contributed by atoms with van der Waals surface area (Å²) >= 11 is 6.17. The number of tetrazole rings is 1. The topological polar surface area (TPSA) is 177 Å². The van der Waals surface area contributed by atoms with Gasteiger partial charge in [-0.05, 0) is 46.0 Å². The summed E-state index contributed by atoms with van der Waals surface area (Å²) in [6.45, 7) is 2.10. The summed E-state index contributed by atoms with van der Waals surface area (Å²) in [4.78, 5) is 44.3. The Balaban J connectivity index is 1.32. The van der Waals surface area contributed by atoms with Crippen molar-refractivity contribution in [3.63, 3.8) is 0 Å². The van der Waals surface area contributed by atoms with E-state index in [1.807, 2.05) is 49.4 Å². The Hall–Kier alpha value is -5.63. The second kappa shape index (κ2) is 13.8. The fourth-order valence-corrected chi connectivity index (χ4v) is 4.87. The average Bonchev–Trinajstić information content (AvgIpc) is 3.65. The molecule has 1 N–H and O–H groups in total. The minimum atomic E-state index is -1.14. The van der Waals surface area contributed by atoms with Crippen LogP contribution >= 0.6 is 11.6 Å². The Bertz CT molecular complexity index is 1840. The number of halogens is 1. The number of carbonyl (C=O) groups excluding carboxylic acids is 1. The molecular weight excluding hydrogens is 606 g/mol. The lowest BCUT2D eigenvalue weighted by Crippen LogP contribution is -2.19. The van der Waals surface area contributed by atoms with E-state index < -0.39 is 17.1 Å². The number of aromatic nitrogens is 6. The number of nitrogens with zero attached hydrogens (tertiary/aromatic N) is 7. The molecule has 0 bridgehead atoms. The molecule has 14 nitrogen and oxygen atoms in total. The zero-order chi connectivity index (χ0) is 31.9. The van der Waals surface area contributed by atoms with Crippen molar-refractivity contribution in [1.29, 1.82) is 0 Å². The molecule has 0 saturated carbocycles. The third kappa shape index (κ3) is 7.30. The molecule has 0 fully saturated rings. The highest BCUT2D eigenvalue weighted by Gasteiger charge is 2.22. The molecular formula is C30H26ClN7O7. The Morgan fingerprint density at radius 3 is 2.36 bits per heavy atom. The summed E-state index contributed by atoms with van der Waals surface area (Å²) in [6.07, 6.45) is 1.51. The van der Waals surface area contributed by atoms with Gasteiger partial charge in [0, 0.05) is 18.5 Å². The van der Waals surface area contributed by atoms with Gasteiger partial charge in [-0.25, -0.2) is 14.6 Å². The number of carbonyl (C=O) groups is 2. The molecule has 0 spiro atoms. The lowest BCUT2D eigenvalue weighted by molar-refractivity contribution is -0.763. The monoisotopic (exact) mass is 631 g/mol. The van der Waals surface area contributed by atoms with Gasteiger partial charge < -0.3 is 19.2 Å². The molecule has 0 amide bonds. The van der Waals surface area contributed by atoms with E-state index in [-0.39, 0.29) is 35.6 Å². The number of aromatic carboxylic acids is 1. The molecule has 0 saturated heterocycles. The molecule has 0 aliphatic carbocycles. The predicted octanol–water partition coefficient (Wildman–Crippen LogP) is 5.70. The first-order valence-corrected chi connectivity index (χ1v) is 14.2. The standard InChI is InChI=1S/C30H26ClN7O7/c1-2-3-8-25-32-27(31)26(29(39)40)36(25)17-19-9-13-21(14-10-19)23-6-4-5-7-24(23)28-33-35-37(34-28)30(41)45-22-15-11-20(12-16-22)18-44-38(42)43/h4-7,9-16H,2-3,8,17-18H2,1H3,(H,39,40). The molecule has 0 aliphatic heterocycles. The highest BCUT2D eigenvalue weighted by Crippen LogP contribution is 2.30. The van der Waals surface area contributed by atoms with Gasteiger partial charge in [0.1, 0.15) is 18.2 Å². The van der Waals surface area contributed by atoms with Crippen LogP contribution in [-0.2, 0) is 24.4 Å². The number of hydrogen-bond donors (Lipinski definition) is 1. The normalized spacial score (nSPS) is 10.9. The molecule has 0 radical (unpaired) electrons. The van der Waals surface area contributed by atoms with E-state index in [0.29, 0.717) is 23.4 Å². The summed E-state index contributed by atoms with van der Waals surface area (Å²) in [5.74, 6) is -0.141. The number of aryl methyl sites for hydroxylation is 1. The molecule has 0 aliphatic rings. The van der Waals surface area contributed by atoms with E-state index in [0.717, 1.165) is 34.3 Å². The van der Waals surface area contributed by atoms with Gasteiger partial charge in [0.25, 0.3) is 5.09 Å². The summed E-state index contributed by atoms with van der Waals surface area (Å²) < 4.78 is 6.94. The van der Waals surface area contributed by atoms with Gasteiger partial charge in [0.15, 0.2) is 10.8 Å². The number of imidazole rings is 1. The molecule has 3 aromatic carbocycles. The number of ether oxygens (including phenoxy) is 1. The Labute approximate surface area is 260 Å². The number of hydrogen-bond acceptors (Lipinski definition) is 10. The van der Waals surface area contributed by atoms with Crippen LogP contribution in [-0.4, -0.2) is 52.0 Å². The van der Waals surface area contributed by atoms with Gasteiger partial charge in [-0.1, -0.05) is 90.4 Å². The molecule has 2 heterocycles. The first-order chi connectivity index (χ1) is 21.7. The van der Waals surface area contributed by atoms with Crippen LogP contribution in [0.15, 0.2) is 72.8 Å². The second-order valence-corrected chi connectivity index (χ2v) is 10.2. The molecule has 15 heteroatoms. The van der Waals surface area contributed by atoms with Crippen LogP contribution in [0.5, 0.6) is 5.75 Å². The lowest BCUT2D eigenvalue weighted by Gasteiger charge is -2.12. The zero-order valence-electron chi connectivity index (χ0n) is 23.9. The number of benzene rings is 3. The Morgan fingerprint density at radius 2 is 1.69 bits per heavy atom. The quantitative estimate of drug-likeness (QED) is 0.132. The van der Waals surface area contributed by atoms with Crippen LogP contribution in [0.1, 0.15) is 47.2 Å². The van der Waals surface area contributed by atoms with Gasteiger partial charge in [-0.2, -0.15) is 0 Å². The maximum Gasteiger partial charge on any atom is 0.459 e. The second-order valence-electron chi connectivity index (χ2n) is 9.82. The van der Waals surface area contributed by atoms with Crippen molar-refractivity contribution < 1.29 is 29.4 Å². The number of carboxylic acid groups (broad SMARTS) is 1. The van der Waals surface area contributed by atoms with E-state index in [1.165, 1.54) is 24.3 Å². The van der Waals surface area contributed by atoms with Crippen LogP contribution in [0, 0.1) is 10.1 Å².